The first-order valence-corrected chi connectivity index (χ1v) is 5.56. The smallest absolute Gasteiger partial charge is 0.151 e. The Bertz CT molecular complexity index is 490. The standard InChI is InChI=1S/C12H16FN3/c1-3-7-16-10-6-4-5-9(13)12(10)15-11(16)8-14-2/h4-6,14H,3,7-8H2,1-2H3. The van der Waals surface area contributed by atoms with Crippen LogP contribution in [0.25, 0.3) is 11.0 Å². The highest BCUT2D eigenvalue weighted by Gasteiger charge is 2.11. The van der Waals surface area contributed by atoms with Gasteiger partial charge in [0, 0.05) is 6.54 Å². The second kappa shape index (κ2) is 4.61. The molecule has 0 saturated carbocycles. The number of aryl methyl sites for hydroxylation is 1. The lowest BCUT2D eigenvalue weighted by atomic mass is 10.3. The van der Waals surface area contributed by atoms with Crippen molar-refractivity contribution in [3.8, 4) is 0 Å². The Labute approximate surface area is 94.3 Å². The molecule has 0 atom stereocenters. The molecule has 0 aliphatic carbocycles. The van der Waals surface area contributed by atoms with Gasteiger partial charge in [-0.1, -0.05) is 13.0 Å². The van der Waals surface area contributed by atoms with Crippen molar-refractivity contribution in [3.63, 3.8) is 0 Å². The molecule has 1 N–H and O–H groups in total. The number of aromatic nitrogens is 2. The monoisotopic (exact) mass is 221 g/mol. The van der Waals surface area contributed by atoms with Gasteiger partial charge < -0.3 is 9.88 Å². The fourth-order valence-corrected chi connectivity index (χ4v) is 1.93. The normalized spacial score (nSPS) is 11.2. The van der Waals surface area contributed by atoms with Gasteiger partial charge in [-0.2, -0.15) is 0 Å². The maximum absolute atomic E-state index is 13.6. The second-order valence-corrected chi connectivity index (χ2v) is 3.82. The summed E-state index contributed by atoms with van der Waals surface area (Å²) >= 11 is 0. The quantitative estimate of drug-likeness (QED) is 0.858. The number of halogens is 1. The molecule has 0 unspecified atom stereocenters. The van der Waals surface area contributed by atoms with Crippen LogP contribution < -0.4 is 5.32 Å². The van der Waals surface area contributed by atoms with E-state index in [1.165, 1.54) is 6.07 Å². The summed E-state index contributed by atoms with van der Waals surface area (Å²) in [6, 6.07) is 5.10. The highest BCUT2D eigenvalue weighted by molar-refractivity contribution is 5.76. The average molecular weight is 221 g/mol. The number of nitrogens with zero attached hydrogens (tertiary/aromatic N) is 2. The Morgan fingerprint density at radius 2 is 2.25 bits per heavy atom. The number of hydrogen-bond donors (Lipinski definition) is 1. The first kappa shape index (κ1) is 11.1. The topological polar surface area (TPSA) is 29.9 Å². The minimum Gasteiger partial charge on any atom is -0.327 e. The van der Waals surface area contributed by atoms with E-state index in [-0.39, 0.29) is 5.82 Å². The van der Waals surface area contributed by atoms with Crippen molar-refractivity contribution >= 4 is 11.0 Å². The Balaban J connectivity index is 2.60. The largest absolute Gasteiger partial charge is 0.327 e. The van der Waals surface area contributed by atoms with Crippen LogP contribution >= 0.6 is 0 Å². The van der Waals surface area contributed by atoms with Gasteiger partial charge in [0.05, 0.1) is 12.1 Å². The van der Waals surface area contributed by atoms with E-state index in [4.69, 9.17) is 0 Å². The molecule has 2 aromatic rings. The summed E-state index contributed by atoms with van der Waals surface area (Å²) in [7, 11) is 1.87. The third-order valence-corrected chi connectivity index (χ3v) is 2.59. The number of fused-ring (bicyclic) bond motifs is 1. The Kier molecular flexibility index (Phi) is 3.19. The van der Waals surface area contributed by atoms with E-state index in [2.05, 4.69) is 21.8 Å². The van der Waals surface area contributed by atoms with Gasteiger partial charge in [0.25, 0.3) is 0 Å². The second-order valence-electron chi connectivity index (χ2n) is 3.82. The Hall–Kier alpha value is -1.42. The SMILES string of the molecule is CCCn1c(CNC)nc2c(F)cccc21. The maximum Gasteiger partial charge on any atom is 0.151 e. The lowest BCUT2D eigenvalue weighted by Gasteiger charge is -2.06. The molecule has 0 saturated heterocycles. The fourth-order valence-electron chi connectivity index (χ4n) is 1.93. The van der Waals surface area contributed by atoms with Crippen molar-refractivity contribution in [1.29, 1.82) is 0 Å². The molecule has 0 bridgehead atoms. The minimum absolute atomic E-state index is 0.246. The predicted octanol–water partition coefficient (Wildman–Crippen LogP) is 2.30. The molecule has 2 rings (SSSR count). The molecule has 4 heteroatoms. The molecule has 1 aromatic carbocycles. The third-order valence-electron chi connectivity index (χ3n) is 2.59. The Morgan fingerprint density at radius 1 is 1.44 bits per heavy atom. The van der Waals surface area contributed by atoms with Crippen LogP contribution in [-0.4, -0.2) is 16.6 Å². The van der Waals surface area contributed by atoms with E-state index in [0.717, 1.165) is 24.3 Å². The van der Waals surface area contributed by atoms with Crippen LogP contribution in [-0.2, 0) is 13.1 Å². The third kappa shape index (κ3) is 1.80. The van der Waals surface area contributed by atoms with Gasteiger partial charge in [-0.3, -0.25) is 0 Å². The summed E-state index contributed by atoms with van der Waals surface area (Å²) in [6.07, 6.45) is 1.01. The first-order valence-electron chi connectivity index (χ1n) is 5.56. The number of benzene rings is 1. The zero-order chi connectivity index (χ0) is 11.5. The van der Waals surface area contributed by atoms with Gasteiger partial charge in [0.1, 0.15) is 11.3 Å². The molecular weight excluding hydrogens is 205 g/mol. The lowest BCUT2D eigenvalue weighted by molar-refractivity contribution is 0.628. The van der Waals surface area contributed by atoms with Crippen molar-refractivity contribution in [2.45, 2.75) is 26.4 Å². The lowest BCUT2D eigenvalue weighted by Crippen LogP contribution is -2.12. The van der Waals surface area contributed by atoms with Crippen LogP contribution in [0.3, 0.4) is 0 Å². The molecule has 0 fully saturated rings. The van der Waals surface area contributed by atoms with Gasteiger partial charge in [0.2, 0.25) is 0 Å². The first-order chi connectivity index (χ1) is 7.77. The molecule has 0 spiro atoms. The van der Waals surface area contributed by atoms with Crippen molar-refractivity contribution in [2.75, 3.05) is 7.05 Å². The fraction of sp³-hybridized carbons (Fsp3) is 0.417. The Morgan fingerprint density at radius 3 is 2.94 bits per heavy atom. The zero-order valence-corrected chi connectivity index (χ0v) is 9.63. The number of hydrogen-bond acceptors (Lipinski definition) is 2. The molecule has 0 aliphatic rings. The van der Waals surface area contributed by atoms with E-state index in [1.807, 2.05) is 13.1 Å². The van der Waals surface area contributed by atoms with Gasteiger partial charge in [-0.25, -0.2) is 9.37 Å². The number of rotatable bonds is 4. The summed E-state index contributed by atoms with van der Waals surface area (Å²) < 4.78 is 15.6. The molecule has 0 aliphatic heterocycles. The van der Waals surface area contributed by atoms with Crippen molar-refractivity contribution in [3.05, 3.63) is 29.8 Å². The average Bonchev–Trinajstić information content (AvgIpc) is 2.61. The van der Waals surface area contributed by atoms with E-state index in [0.29, 0.717) is 12.1 Å². The summed E-state index contributed by atoms with van der Waals surface area (Å²) in [6.45, 7) is 3.64. The van der Waals surface area contributed by atoms with Crippen molar-refractivity contribution in [1.82, 2.24) is 14.9 Å². The number of para-hydroxylation sites is 1. The van der Waals surface area contributed by atoms with Crippen LogP contribution in [0, 0.1) is 5.82 Å². The summed E-state index contributed by atoms with van der Waals surface area (Å²) in [5.41, 5.74) is 1.35. The molecule has 16 heavy (non-hydrogen) atoms. The van der Waals surface area contributed by atoms with E-state index in [9.17, 15) is 4.39 Å². The van der Waals surface area contributed by atoms with E-state index in [1.54, 1.807) is 6.07 Å². The van der Waals surface area contributed by atoms with Gasteiger partial charge in [-0.05, 0) is 25.6 Å². The molecular formula is C12H16FN3. The molecule has 0 radical (unpaired) electrons. The summed E-state index contributed by atoms with van der Waals surface area (Å²) in [5, 5.41) is 3.06. The molecule has 0 amide bonds. The van der Waals surface area contributed by atoms with Gasteiger partial charge in [-0.15, -0.1) is 0 Å². The molecule has 86 valence electrons. The van der Waals surface area contributed by atoms with Crippen LogP contribution in [0.2, 0.25) is 0 Å². The van der Waals surface area contributed by atoms with E-state index < -0.39 is 0 Å². The van der Waals surface area contributed by atoms with Gasteiger partial charge in [0.15, 0.2) is 5.82 Å². The maximum atomic E-state index is 13.6. The number of imidazole rings is 1. The van der Waals surface area contributed by atoms with Crippen LogP contribution in [0.15, 0.2) is 18.2 Å². The zero-order valence-electron chi connectivity index (χ0n) is 9.63. The molecule has 1 heterocycles. The van der Waals surface area contributed by atoms with Crippen LogP contribution in [0.1, 0.15) is 19.2 Å². The molecule has 1 aromatic heterocycles. The van der Waals surface area contributed by atoms with Crippen LogP contribution in [0.5, 0.6) is 0 Å². The highest BCUT2D eigenvalue weighted by Crippen LogP contribution is 2.19. The van der Waals surface area contributed by atoms with Gasteiger partial charge >= 0.3 is 0 Å². The summed E-state index contributed by atoms with van der Waals surface area (Å²) in [4.78, 5) is 4.35. The molecule has 3 nitrogen and oxygen atoms in total. The van der Waals surface area contributed by atoms with E-state index >= 15 is 0 Å². The summed E-state index contributed by atoms with van der Waals surface area (Å²) in [5.74, 6) is 0.647. The van der Waals surface area contributed by atoms with Crippen LogP contribution in [0.4, 0.5) is 4.39 Å². The van der Waals surface area contributed by atoms with Crippen molar-refractivity contribution < 1.29 is 4.39 Å². The highest BCUT2D eigenvalue weighted by atomic mass is 19.1. The minimum atomic E-state index is -0.246. The number of nitrogens with one attached hydrogen (secondary N) is 1. The van der Waals surface area contributed by atoms with Crippen molar-refractivity contribution in [2.24, 2.45) is 0 Å². The predicted molar refractivity (Wildman–Crippen MR) is 62.7 cm³/mol.